The number of piperazine rings is 1. The van der Waals surface area contributed by atoms with E-state index in [1.807, 2.05) is 36.4 Å². The molecule has 1 aliphatic heterocycles. The minimum absolute atomic E-state index is 0.237. The van der Waals surface area contributed by atoms with Gasteiger partial charge in [0.15, 0.2) is 0 Å². The van der Waals surface area contributed by atoms with Crippen molar-refractivity contribution in [1.82, 2.24) is 4.90 Å². The lowest BCUT2D eigenvalue weighted by Crippen LogP contribution is -2.47. The number of rotatable bonds is 8. The van der Waals surface area contributed by atoms with E-state index in [2.05, 4.69) is 15.9 Å². The molecular weight excluding hydrogens is 427 g/mol. The average Bonchev–Trinajstić information content (AvgIpc) is 2.83. The van der Waals surface area contributed by atoms with Crippen LogP contribution in [0.25, 0.3) is 0 Å². The molecule has 1 aliphatic rings. The number of halogens is 2. The van der Waals surface area contributed by atoms with Gasteiger partial charge in [0.05, 0.1) is 12.8 Å². The lowest BCUT2D eigenvalue weighted by molar-refractivity contribution is 0.160. The Labute approximate surface area is 194 Å². The number of para-hydroxylation sites is 2. The standard InChI is InChI=1S/C26H28ClFN2O2/c1-31-26-8-3-2-7-24(26)30-17-15-29(16-18-30)14-13-25(20-5-4-6-22(28)19-20)32-23-11-9-21(27)10-12-23/h2-12,19,25H,13-18H2,1H3. The molecule has 0 radical (unpaired) electrons. The van der Waals surface area contributed by atoms with Crippen LogP contribution < -0.4 is 14.4 Å². The number of methoxy groups -OCH3 is 1. The van der Waals surface area contributed by atoms with E-state index in [4.69, 9.17) is 21.1 Å². The summed E-state index contributed by atoms with van der Waals surface area (Å²) in [7, 11) is 1.71. The van der Waals surface area contributed by atoms with Gasteiger partial charge in [0.2, 0.25) is 0 Å². The summed E-state index contributed by atoms with van der Waals surface area (Å²) in [6, 6.07) is 22.1. The number of benzene rings is 3. The molecule has 1 saturated heterocycles. The fraction of sp³-hybridized carbons (Fsp3) is 0.308. The Bertz CT molecular complexity index is 1010. The molecule has 0 spiro atoms. The maximum atomic E-state index is 13.9. The molecule has 1 heterocycles. The van der Waals surface area contributed by atoms with Crippen LogP contribution in [0.15, 0.2) is 72.8 Å². The van der Waals surface area contributed by atoms with Crippen molar-refractivity contribution in [3.8, 4) is 11.5 Å². The van der Waals surface area contributed by atoms with Crippen molar-refractivity contribution in [1.29, 1.82) is 0 Å². The van der Waals surface area contributed by atoms with Crippen LogP contribution in [0, 0.1) is 5.82 Å². The van der Waals surface area contributed by atoms with Crippen LogP contribution in [0.4, 0.5) is 10.1 Å². The SMILES string of the molecule is COc1ccccc1N1CCN(CCC(Oc2ccc(Cl)cc2)c2cccc(F)c2)CC1. The first-order valence-electron chi connectivity index (χ1n) is 10.9. The van der Waals surface area contributed by atoms with E-state index >= 15 is 0 Å². The highest BCUT2D eigenvalue weighted by Crippen LogP contribution is 2.30. The van der Waals surface area contributed by atoms with Crippen LogP contribution in [0.2, 0.25) is 5.02 Å². The molecule has 0 N–H and O–H groups in total. The minimum Gasteiger partial charge on any atom is -0.495 e. The molecule has 0 bridgehead atoms. The van der Waals surface area contributed by atoms with Crippen molar-refractivity contribution < 1.29 is 13.9 Å². The lowest BCUT2D eigenvalue weighted by atomic mass is 10.1. The Morgan fingerprint density at radius 2 is 1.69 bits per heavy atom. The normalized spacial score (nSPS) is 15.4. The van der Waals surface area contributed by atoms with Gasteiger partial charge in [-0.25, -0.2) is 4.39 Å². The molecule has 0 saturated carbocycles. The fourth-order valence-corrected chi connectivity index (χ4v) is 4.21. The molecular formula is C26H28ClFN2O2. The highest BCUT2D eigenvalue weighted by molar-refractivity contribution is 6.30. The minimum atomic E-state index is -0.252. The van der Waals surface area contributed by atoms with Crippen LogP contribution in [-0.2, 0) is 0 Å². The van der Waals surface area contributed by atoms with E-state index < -0.39 is 0 Å². The lowest BCUT2D eigenvalue weighted by Gasteiger charge is -2.37. The monoisotopic (exact) mass is 454 g/mol. The third kappa shape index (κ3) is 5.72. The van der Waals surface area contributed by atoms with E-state index in [0.717, 1.165) is 61.9 Å². The van der Waals surface area contributed by atoms with Crippen molar-refractivity contribution in [2.24, 2.45) is 0 Å². The highest BCUT2D eigenvalue weighted by Gasteiger charge is 2.22. The van der Waals surface area contributed by atoms with Crippen molar-refractivity contribution in [2.45, 2.75) is 12.5 Å². The summed E-state index contributed by atoms with van der Waals surface area (Å²) in [5, 5.41) is 0.660. The molecule has 1 fully saturated rings. The van der Waals surface area contributed by atoms with Crippen molar-refractivity contribution in [3.63, 3.8) is 0 Å². The average molecular weight is 455 g/mol. The zero-order valence-corrected chi connectivity index (χ0v) is 19.0. The van der Waals surface area contributed by atoms with Crippen LogP contribution >= 0.6 is 11.6 Å². The van der Waals surface area contributed by atoms with Crippen molar-refractivity contribution in [3.05, 3.63) is 89.2 Å². The molecule has 32 heavy (non-hydrogen) atoms. The number of anilines is 1. The van der Waals surface area contributed by atoms with E-state index in [0.29, 0.717) is 5.02 Å². The van der Waals surface area contributed by atoms with Crippen LogP contribution in [0.3, 0.4) is 0 Å². The molecule has 4 rings (SSSR count). The number of ether oxygens (including phenoxy) is 2. The number of hydrogen-bond acceptors (Lipinski definition) is 4. The Kier molecular flexibility index (Phi) is 7.51. The summed E-state index contributed by atoms with van der Waals surface area (Å²) >= 11 is 6.00. The van der Waals surface area contributed by atoms with Gasteiger partial charge in [0, 0.05) is 44.2 Å². The maximum Gasteiger partial charge on any atom is 0.142 e. The number of hydrogen-bond donors (Lipinski definition) is 0. The molecule has 168 valence electrons. The molecule has 3 aromatic rings. The van der Waals surface area contributed by atoms with Gasteiger partial charge < -0.3 is 14.4 Å². The van der Waals surface area contributed by atoms with E-state index in [1.54, 1.807) is 31.4 Å². The van der Waals surface area contributed by atoms with Gasteiger partial charge in [0.1, 0.15) is 23.4 Å². The maximum absolute atomic E-state index is 13.9. The van der Waals surface area contributed by atoms with Gasteiger partial charge >= 0.3 is 0 Å². The third-order valence-corrected chi connectivity index (χ3v) is 6.07. The zero-order valence-electron chi connectivity index (χ0n) is 18.2. The smallest absolute Gasteiger partial charge is 0.142 e. The van der Waals surface area contributed by atoms with Crippen LogP contribution in [0.5, 0.6) is 11.5 Å². The van der Waals surface area contributed by atoms with Gasteiger partial charge in [0.25, 0.3) is 0 Å². The molecule has 4 nitrogen and oxygen atoms in total. The Morgan fingerprint density at radius 3 is 2.41 bits per heavy atom. The summed E-state index contributed by atoms with van der Waals surface area (Å²) in [6.07, 6.45) is 0.528. The second-order valence-corrected chi connectivity index (χ2v) is 8.34. The third-order valence-electron chi connectivity index (χ3n) is 5.82. The Balaban J connectivity index is 1.38. The van der Waals surface area contributed by atoms with E-state index in [9.17, 15) is 4.39 Å². The van der Waals surface area contributed by atoms with Crippen molar-refractivity contribution >= 4 is 17.3 Å². The quantitative estimate of drug-likeness (QED) is 0.428. The molecule has 6 heteroatoms. The van der Waals surface area contributed by atoms with Gasteiger partial charge in [-0.2, -0.15) is 0 Å². The zero-order chi connectivity index (χ0) is 22.3. The topological polar surface area (TPSA) is 24.9 Å². The largest absolute Gasteiger partial charge is 0.495 e. The highest BCUT2D eigenvalue weighted by atomic mass is 35.5. The summed E-state index contributed by atoms with van der Waals surface area (Å²) < 4.78 is 25.6. The van der Waals surface area contributed by atoms with Gasteiger partial charge in [-0.1, -0.05) is 35.9 Å². The predicted molar refractivity (Wildman–Crippen MR) is 127 cm³/mol. The summed E-state index contributed by atoms with van der Waals surface area (Å²) in [4.78, 5) is 4.80. The van der Waals surface area contributed by atoms with E-state index in [1.165, 1.54) is 6.07 Å². The predicted octanol–water partition coefficient (Wildman–Crippen LogP) is 5.82. The summed E-state index contributed by atoms with van der Waals surface area (Å²) in [6.45, 7) is 4.64. The molecule has 1 atom stereocenters. The number of nitrogens with zero attached hydrogens (tertiary/aromatic N) is 2. The molecule has 0 aliphatic carbocycles. The molecule has 1 unspecified atom stereocenters. The van der Waals surface area contributed by atoms with Crippen LogP contribution in [-0.4, -0.2) is 44.7 Å². The van der Waals surface area contributed by atoms with Gasteiger partial charge in [-0.05, 0) is 54.1 Å². The van der Waals surface area contributed by atoms with Crippen LogP contribution in [0.1, 0.15) is 18.1 Å². The summed E-state index contributed by atoms with van der Waals surface area (Å²) in [5.41, 5.74) is 1.98. The van der Waals surface area contributed by atoms with Gasteiger partial charge in [-0.3, -0.25) is 4.90 Å². The summed E-state index contributed by atoms with van der Waals surface area (Å²) in [5.74, 6) is 1.38. The molecule has 0 aromatic heterocycles. The first-order valence-corrected chi connectivity index (χ1v) is 11.3. The molecule has 3 aromatic carbocycles. The first kappa shape index (κ1) is 22.4. The molecule has 0 amide bonds. The Morgan fingerprint density at radius 1 is 0.938 bits per heavy atom. The second kappa shape index (κ2) is 10.7. The van der Waals surface area contributed by atoms with E-state index in [-0.39, 0.29) is 11.9 Å². The van der Waals surface area contributed by atoms with Crippen molar-refractivity contribution in [2.75, 3.05) is 44.7 Å². The fourth-order valence-electron chi connectivity index (χ4n) is 4.08. The first-order chi connectivity index (χ1) is 15.6. The Hall–Kier alpha value is -2.76. The van der Waals surface area contributed by atoms with Gasteiger partial charge in [-0.15, -0.1) is 0 Å². The second-order valence-electron chi connectivity index (χ2n) is 7.90.